The number of pyridine rings is 1. The van der Waals surface area contributed by atoms with Gasteiger partial charge in [0.15, 0.2) is 0 Å². The molecular formula is C15H16N2O3. The molecule has 0 bridgehead atoms. The van der Waals surface area contributed by atoms with Gasteiger partial charge in [0.05, 0.1) is 11.1 Å². The van der Waals surface area contributed by atoms with Crippen molar-refractivity contribution in [1.29, 1.82) is 0 Å². The van der Waals surface area contributed by atoms with Gasteiger partial charge in [-0.2, -0.15) is 0 Å². The van der Waals surface area contributed by atoms with Gasteiger partial charge in [-0.1, -0.05) is 0 Å². The normalized spacial score (nSPS) is 19.4. The maximum Gasteiger partial charge on any atom is 0.335 e. The van der Waals surface area contributed by atoms with Crippen molar-refractivity contribution in [1.82, 2.24) is 9.88 Å². The quantitative estimate of drug-likeness (QED) is 0.926. The van der Waals surface area contributed by atoms with E-state index in [0.717, 1.165) is 30.4 Å². The largest absolute Gasteiger partial charge is 0.478 e. The number of aromatic carboxylic acids is 1. The molecule has 1 fully saturated rings. The zero-order valence-corrected chi connectivity index (χ0v) is 11.2. The topological polar surface area (TPSA) is 62.7 Å². The van der Waals surface area contributed by atoms with Crippen LogP contribution in [0.5, 0.6) is 5.88 Å². The second kappa shape index (κ2) is 5.09. The zero-order valence-electron chi connectivity index (χ0n) is 11.2. The molecule has 1 N–H and O–H groups in total. The van der Waals surface area contributed by atoms with E-state index in [2.05, 4.69) is 16.9 Å². The summed E-state index contributed by atoms with van der Waals surface area (Å²) in [5.74, 6) is -0.331. The Bertz CT molecular complexity index is 657. The molecule has 5 nitrogen and oxygen atoms in total. The Morgan fingerprint density at radius 1 is 1.40 bits per heavy atom. The second-order valence-corrected chi connectivity index (χ2v) is 5.15. The molecule has 1 aromatic heterocycles. The van der Waals surface area contributed by atoms with Crippen LogP contribution >= 0.6 is 0 Å². The molecule has 104 valence electrons. The van der Waals surface area contributed by atoms with E-state index in [-0.39, 0.29) is 11.7 Å². The lowest BCUT2D eigenvalue weighted by atomic mass is 10.1. The number of aromatic nitrogens is 1. The van der Waals surface area contributed by atoms with Gasteiger partial charge in [-0.05, 0) is 37.7 Å². The molecule has 20 heavy (non-hydrogen) atoms. The van der Waals surface area contributed by atoms with E-state index in [9.17, 15) is 4.79 Å². The highest BCUT2D eigenvalue weighted by Crippen LogP contribution is 2.21. The average Bonchev–Trinajstić information content (AvgIpc) is 2.83. The zero-order chi connectivity index (χ0) is 14.1. The molecule has 1 aliphatic rings. The molecule has 0 unspecified atom stereocenters. The SMILES string of the molecule is CN1CC[C@@H](Oc2ccc3cc(C(=O)O)ccc3n2)C1. The van der Waals surface area contributed by atoms with E-state index in [1.807, 2.05) is 6.07 Å². The van der Waals surface area contributed by atoms with Crippen LogP contribution in [0.15, 0.2) is 30.3 Å². The molecule has 1 aliphatic heterocycles. The maximum atomic E-state index is 10.9. The molecule has 2 heterocycles. The third kappa shape index (κ3) is 2.58. The molecule has 0 spiro atoms. The van der Waals surface area contributed by atoms with Crippen molar-refractivity contribution in [2.75, 3.05) is 20.1 Å². The van der Waals surface area contributed by atoms with Gasteiger partial charge in [0.2, 0.25) is 5.88 Å². The van der Waals surface area contributed by atoms with Gasteiger partial charge < -0.3 is 14.7 Å². The summed E-state index contributed by atoms with van der Waals surface area (Å²) in [6, 6.07) is 8.55. The molecular weight excluding hydrogens is 256 g/mol. The second-order valence-electron chi connectivity index (χ2n) is 5.15. The summed E-state index contributed by atoms with van der Waals surface area (Å²) in [6.45, 7) is 1.96. The van der Waals surface area contributed by atoms with E-state index < -0.39 is 5.97 Å². The van der Waals surface area contributed by atoms with E-state index in [1.165, 1.54) is 0 Å². The van der Waals surface area contributed by atoms with Gasteiger partial charge in [0.25, 0.3) is 0 Å². The van der Waals surface area contributed by atoms with Crippen molar-refractivity contribution in [2.45, 2.75) is 12.5 Å². The number of hydrogen-bond donors (Lipinski definition) is 1. The van der Waals surface area contributed by atoms with Crippen molar-refractivity contribution in [3.63, 3.8) is 0 Å². The molecule has 3 rings (SSSR count). The smallest absolute Gasteiger partial charge is 0.335 e. The van der Waals surface area contributed by atoms with Crippen molar-refractivity contribution in [2.24, 2.45) is 0 Å². The fraction of sp³-hybridized carbons (Fsp3) is 0.333. The fourth-order valence-electron chi connectivity index (χ4n) is 2.47. The summed E-state index contributed by atoms with van der Waals surface area (Å²) in [4.78, 5) is 17.6. The minimum atomic E-state index is -0.929. The third-order valence-corrected chi connectivity index (χ3v) is 3.55. The van der Waals surface area contributed by atoms with Crippen molar-refractivity contribution < 1.29 is 14.6 Å². The number of likely N-dealkylation sites (tertiary alicyclic amines) is 1. The first kappa shape index (κ1) is 12.9. The lowest BCUT2D eigenvalue weighted by Gasteiger charge is -2.13. The van der Waals surface area contributed by atoms with Crippen LogP contribution in [0.1, 0.15) is 16.8 Å². The molecule has 1 saturated heterocycles. The molecule has 0 radical (unpaired) electrons. The number of benzene rings is 1. The number of nitrogens with zero attached hydrogens (tertiary/aromatic N) is 2. The summed E-state index contributed by atoms with van der Waals surface area (Å²) in [5.41, 5.74) is 1.02. The minimum absolute atomic E-state index is 0.184. The number of fused-ring (bicyclic) bond motifs is 1. The Hall–Kier alpha value is -2.14. The summed E-state index contributed by atoms with van der Waals surface area (Å²) in [6.07, 6.45) is 1.19. The molecule has 0 saturated carbocycles. The molecule has 0 aliphatic carbocycles. The predicted molar refractivity (Wildman–Crippen MR) is 75.2 cm³/mol. The first-order chi connectivity index (χ1) is 9.61. The van der Waals surface area contributed by atoms with Crippen LogP contribution < -0.4 is 4.74 Å². The standard InChI is InChI=1S/C15H16N2O3/c1-17-7-6-12(9-17)20-14-5-3-10-8-11(15(18)19)2-4-13(10)16-14/h2-5,8,12H,6-7,9H2,1H3,(H,18,19)/t12-/m1/s1. The number of ether oxygens (including phenoxy) is 1. The molecule has 0 amide bonds. The average molecular weight is 272 g/mol. The summed E-state index contributed by atoms with van der Waals surface area (Å²) < 4.78 is 5.86. The first-order valence-corrected chi connectivity index (χ1v) is 6.61. The minimum Gasteiger partial charge on any atom is -0.478 e. The van der Waals surface area contributed by atoms with Crippen LogP contribution in [0.25, 0.3) is 10.9 Å². The highest BCUT2D eigenvalue weighted by atomic mass is 16.5. The third-order valence-electron chi connectivity index (χ3n) is 3.55. The van der Waals surface area contributed by atoms with Gasteiger partial charge in [-0.3, -0.25) is 0 Å². The Labute approximate surface area is 116 Å². The maximum absolute atomic E-state index is 10.9. The summed E-state index contributed by atoms with van der Waals surface area (Å²) >= 11 is 0. The van der Waals surface area contributed by atoms with Crippen LogP contribution in [0.3, 0.4) is 0 Å². The summed E-state index contributed by atoms with van der Waals surface area (Å²) in [7, 11) is 2.07. The van der Waals surface area contributed by atoms with Crippen LogP contribution in [-0.4, -0.2) is 47.2 Å². The van der Waals surface area contributed by atoms with Crippen LogP contribution in [0.4, 0.5) is 0 Å². The predicted octanol–water partition coefficient (Wildman–Crippen LogP) is 2.02. The monoisotopic (exact) mass is 272 g/mol. The molecule has 5 heteroatoms. The van der Waals surface area contributed by atoms with Gasteiger partial charge >= 0.3 is 5.97 Å². The lowest BCUT2D eigenvalue weighted by molar-refractivity contribution is 0.0697. The van der Waals surface area contributed by atoms with Crippen LogP contribution in [-0.2, 0) is 0 Å². The number of carboxylic acids is 1. The Balaban J connectivity index is 1.84. The number of hydrogen-bond acceptors (Lipinski definition) is 4. The van der Waals surface area contributed by atoms with Crippen molar-refractivity contribution in [3.8, 4) is 5.88 Å². The van der Waals surface area contributed by atoms with Crippen molar-refractivity contribution in [3.05, 3.63) is 35.9 Å². The van der Waals surface area contributed by atoms with Crippen molar-refractivity contribution >= 4 is 16.9 Å². The molecule has 2 aromatic rings. The van der Waals surface area contributed by atoms with E-state index >= 15 is 0 Å². The van der Waals surface area contributed by atoms with E-state index in [4.69, 9.17) is 9.84 Å². The number of likely N-dealkylation sites (N-methyl/N-ethyl adjacent to an activating group) is 1. The Kier molecular flexibility index (Phi) is 3.28. The molecule has 1 aromatic carbocycles. The highest BCUT2D eigenvalue weighted by Gasteiger charge is 2.21. The Morgan fingerprint density at radius 2 is 2.25 bits per heavy atom. The van der Waals surface area contributed by atoms with E-state index in [1.54, 1.807) is 24.3 Å². The number of rotatable bonds is 3. The summed E-state index contributed by atoms with van der Waals surface area (Å²) in [5, 5.41) is 9.77. The van der Waals surface area contributed by atoms with Gasteiger partial charge in [0, 0.05) is 24.5 Å². The Morgan fingerprint density at radius 3 is 2.95 bits per heavy atom. The van der Waals surface area contributed by atoms with Gasteiger partial charge in [-0.25, -0.2) is 9.78 Å². The lowest BCUT2D eigenvalue weighted by Crippen LogP contribution is -2.21. The van der Waals surface area contributed by atoms with Crippen LogP contribution in [0.2, 0.25) is 0 Å². The highest BCUT2D eigenvalue weighted by molar-refractivity contribution is 5.93. The fourth-order valence-corrected chi connectivity index (χ4v) is 2.47. The van der Waals surface area contributed by atoms with Gasteiger partial charge in [-0.15, -0.1) is 0 Å². The van der Waals surface area contributed by atoms with E-state index in [0.29, 0.717) is 5.88 Å². The van der Waals surface area contributed by atoms with Crippen LogP contribution in [0, 0.1) is 0 Å². The van der Waals surface area contributed by atoms with Gasteiger partial charge in [0.1, 0.15) is 6.10 Å². The first-order valence-electron chi connectivity index (χ1n) is 6.61. The number of carboxylic acid groups (broad SMARTS) is 1. The molecule has 1 atom stereocenters. The number of carbonyl (C=O) groups is 1.